The van der Waals surface area contributed by atoms with Crippen molar-refractivity contribution in [2.75, 3.05) is 11.9 Å². The van der Waals surface area contributed by atoms with Crippen molar-refractivity contribution in [3.63, 3.8) is 0 Å². The van der Waals surface area contributed by atoms with E-state index in [1.165, 1.54) is 0 Å². The first kappa shape index (κ1) is 20.7. The second kappa shape index (κ2) is 7.60. The van der Waals surface area contributed by atoms with E-state index >= 15 is 0 Å². The van der Waals surface area contributed by atoms with Gasteiger partial charge in [0.15, 0.2) is 5.41 Å². The van der Waals surface area contributed by atoms with Crippen molar-refractivity contribution in [3.8, 4) is 6.07 Å². The summed E-state index contributed by atoms with van der Waals surface area (Å²) < 4.78 is 11.7. The molecule has 2 aromatic rings. The second-order valence-electron chi connectivity index (χ2n) is 7.07. The predicted molar refractivity (Wildman–Crippen MR) is 117 cm³/mol. The molecule has 2 aliphatic heterocycles. The number of fused-ring (bicyclic) bond motifs is 2. The summed E-state index contributed by atoms with van der Waals surface area (Å²) in [5.41, 5.74) is 6.33. The number of nitrogens with zero attached hydrogens (tertiary/aromatic N) is 1. The van der Waals surface area contributed by atoms with E-state index in [1.54, 1.807) is 37.3 Å². The van der Waals surface area contributed by atoms with Crippen LogP contribution in [0.3, 0.4) is 0 Å². The van der Waals surface area contributed by atoms with Crippen LogP contribution in [0.2, 0.25) is 0 Å². The molecule has 2 aliphatic rings. The molecule has 0 unspecified atom stereocenters. The van der Waals surface area contributed by atoms with Crippen LogP contribution in [0.25, 0.3) is 5.76 Å². The Morgan fingerprint density at radius 1 is 1.29 bits per heavy atom. The molecule has 4 rings (SSSR count). The Morgan fingerprint density at radius 3 is 2.65 bits per heavy atom. The predicted octanol–water partition coefficient (Wildman–Crippen LogP) is 3.65. The number of hydrogen-bond acceptors (Lipinski definition) is 6. The first-order valence-corrected chi connectivity index (χ1v) is 10.3. The lowest BCUT2D eigenvalue weighted by atomic mass is 9.67. The summed E-state index contributed by atoms with van der Waals surface area (Å²) in [5, 5.41) is 12.8. The van der Waals surface area contributed by atoms with Crippen molar-refractivity contribution in [2.45, 2.75) is 19.3 Å². The molecule has 156 valence electrons. The zero-order chi connectivity index (χ0) is 22.3. The molecule has 0 aromatic heterocycles. The summed E-state index contributed by atoms with van der Waals surface area (Å²) in [6, 6.07) is 14.4. The standard InChI is InChI=1S/C23H18BrN3O4/c1-3-30-21(28)17-19(13-7-5-4-6-8-13)31-20(26)14(11-25)23(17)16-15(27-22(23)29)10-9-12(2)18(16)24/h4-10H,3,26H2,1-2H3,(H,27,29)/t23-/m1/s1. The Morgan fingerprint density at radius 2 is 2.00 bits per heavy atom. The summed E-state index contributed by atoms with van der Waals surface area (Å²) in [6.45, 7) is 3.59. The fraction of sp³-hybridized carbons (Fsp3) is 0.174. The number of carbonyl (C=O) groups is 2. The molecule has 0 aliphatic carbocycles. The molecule has 31 heavy (non-hydrogen) atoms. The van der Waals surface area contributed by atoms with Crippen molar-refractivity contribution >= 4 is 39.3 Å². The number of amides is 1. The third-order valence-corrected chi connectivity index (χ3v) is 6.38. The Balaban J connectivity index is 2.19. The summed E-state index contributed by atoms with van der Waals surface area (Å²) in [6.07, 6.45) is 0. The van der Waals surface area contributed by atoms with Gasteiger partial charge in [0.1, 0.15) is 23.0 Å². The zero-order valence-electron chi connectivity index (χ0n) is 16.8. The molecule has 0 saturated carbocycles. The number of nitriles is 1. The quantitative estimate of drug-likeness (QED) is 0.649. The molecule has 2 heterocycles. The molecule has 7 nitrogen and oxygen atoms in total. The number of benzene rings is 2. The first-order valence-electron chi connectivity index (χ1n) is 9.54. The van der Waals surface area contributed by atoms with Crippen LogP contribution in [0.1, 0.15) is 23.6 Å². The van der Waals surface area contributed by atoms with E-state index in [0.717, 1.165) is 5.56 Å². The fourth-order valence-electron chi connectivity index (χ4n) is 4.03. The van der Waals surface area contributed by atoms with E-state index in [0.29, 0.717) is 21.3 Å². The molecular formula is C23H18BrN3O4. The molecule has 1 amide bonds. The van der Waals surface area contributed by atoms with E-state index in [1.807, 2.05) is 25.1 Å². The van der Waals surface area contributed by atoms with Crippen LogP contribution in [-0.2, 0) is 24.5 Å². The molecular weight excluding hydrogens is 462 g/mol. The molecule has 0 bridgehead atoms. The van der Waals surface area contributed by atoms with Crippen LogP contribution in [0.5, 0.6) is 0 Å². The summed E-state index contributed by atoms with van der Waals surface area (Å²) in [5.74, 6) is -1.51. The number of halogens is 1. The minimum atomic E-state index is -1.82. The summed E-state index contributed by atoms with van der Waals surface area (Å²) in [4.78, 5) is 26.9. The van der Waals surface area contributed by atoms with Crippen LogP contribution < -0.4 is 11.1 Å². The zero-order valence-corrected chi connectivity index (χ0v) is 18.4. The van der Waals surface area contributed by atoms with Crippen molar-refractivity contribution in [3.05, 3.63) is 80.7 Å². The normalized spacial score (nSPS) is 19.6. The number of aryl methyl sites for hydroxylation is 1. The molecule has 8 heteroatoms. The minimum absolute atomic E-state index is 0.0744. The lowest BCUT2D eigenvalue weighted by molar-refractivity contribution is -0.140. The van der Waals surface area contributed by atoms with Crippen molar-refractivity contribution in [1.82, 2.24) is 0 Å². The lowest BCUT2D eigenvalue weighted by Gasteiger charge is -2.35. The van der Waals surface area contributed by atoms with Gasteiger partial charge in [-0.25, -0.2) is 4.79 Å². The highest BCUT2D eigenvalue weighted by Crippen LogP contribution is 2.55. The Kier molecular flexibility index (Phi) is 5.07. The third kappa shape index (κ3) is 2.85. The number of nitrogens with one attached hydrogen (secondary N) is 1. The van der Waals surface area contributed by atoms with Crippen LogP contribution >= 0.6 is 15.9 Å². The summed E-state index contributed by atoms with van der Waals surface area (Å²) in [7, 11) is 0. The fourth-order valence-corrected chi connectivity index (χ4v) is 4.67. The maximum absolute atomic E-state index is 13.6. The third-order valence-electron chi connectivity index (χ3n) is 5.36. The highest BCUT2D eigenvalue weighted by atomic mass is 79.9. The van der Waals surface area contributed by atoms with Gasteiger partial charge in [-0.3, -0.25) is 4.79 Å². The van der Waals surface area contributed by atoms with Gasteiger partial charge in [0, 0.05) is 21.3 Å². The topological polar surface area (TPSA) is 114 Å². The first-order chi connectivity index (χ1) is 14.9. The number of rotatable bonds is 3. The van der Waals surface area contributed by atoms with Crippen molar-refractivity contribution in [1.29, 1.82) is 5.26 Å². The van der Waals surface area contributed by atoms with Gasteiger partial charge in [0.05, 0.1) is 6.61 Å². The largest absolute Gasteiger partial charge is 0.462 e. The number of anilines is 1. The highest BCUT2D eigenvalue weighted by molar-refractivity contribution is 9.10. The van der Waals surface area contributed by atoms with Crippen LogP contribution in [0, 0.1) is 18.3 Å². The lowest BCUT2D eigenvalue weighted by Crippen LogP contribution is -2.46. The molecule has 1 atom stereocenters. The molecule has 2 aromatic carbocycles. The maximum atomic E-state index is 13.6. The van der Waals surface area contributed by atoms with Gasteiger partial charge >= 0.3 is 5.97 Å². The Bertz CT molecular complexity index is 1230. The number of ether oxygens (including phenoxy) is 2. The average Bonchev–Trinajstić information content (AvgIpc) is 3.04. The highest BCUT2D eigenvalue weighted by Gasteiger charge is 2.61. The number of nitrogens with two attached hydrogens (primary N) is 1. The minimum Gasteiger partial charge on any atom is -0.462 e. The molecule has 0 fully saturated rings. The van der Waals surface area contributed by atoms with E-state index in [4.69, 9.17) is 15.2 Å². The molecule has 0 radical (unpaired) electrons. The van der Waals surface area contributed by atoms with E-state index in [2.05, 4.69) is 21.2 Å². The molecule has 3 N–H and O–H groups in total. The Labute approximate surface area is 187 Å². The van der Waals surface area contributed by atoms with E-state index in [-0.39, 0.29) is 29.4 Å². The van der Waals surface area contributed by atoms with Crippen LogP contribution in [0.15, 0.2) is 64.0 Å². The molecule has 1 spiro atoms. The maximum Gasteiger partial charge on any atom is 0.339 e. The monoisotopic (exact) mass is 479 g/mol. The van der Waals surface area contributed by atoms with Gasteiger partial charge in [-0.1, -0.05) is 52.3 Å². The van der Waals surface area contributed by atoms with Gasteiger partial charge in [-0.15, -0.1) is 0 Å². The van der Waals surface area contributed by atoms with Crippen LogP contribution in [-0.4, -0.2) is 18.5 Å². The van der Waals surface area contributed by atoms with Crippen LogP contribution in [0.4, 0.5) is 5.69 Å². The van der Waals surface area contributed by atoms with Crippen molar-refractivity contribution in [2.24, 2.45) is 5.73 Å². The van der Waals surface area contributed by atoms with E-state index < -0.39 is 17.3 Å². The number of hydrogen-bond donors (Lipinski definition) is 2. The average molecular weight is 480 g/mol. The van der Waals surface area contributed by atoms with Gasteiger partial charge < -0.3 is 20.5 Å². The second-order valence-corrected chi connectivity index (χ2v) is 7.86. The van der Waals surface area contributed by atoms with Gasteiger partial charge in [-0.2, -0.15) is 5.26 Å². The number of esters is 1. The van der Waals surface area contributed by atoms with Gasteiger partial charge in [0.25, 0.3) is 0 Å². The summed E-state index contributed by atoms with van der Waals surface area (Å²) >= 11 is 3.56. The number of carbonyl (C=O) groups excluding carboxylic acids is 2. The van der Waals surface area contributed by atoms with Gasteiger partial charge in [-0.05, 0) is 25.5 Å². The molecule has 0 saturated heterocycles. The smallest absolute Gasteiger partial charge is 0.339 e. The van der Waals surface area contributed by atoms with E-state index in [9.17, 15) is 14.9 Å². The van der Waals surface area contributed by atoms with Crippen molar-refractivity contribution < 1.29 is 19.1 Å². The van der Waals surface area contributed by atoms with Gasteiger partial charge in [0.2, 0.25) is 11.8 Å². The SMILES string of the molecule is CCOC(=O)C1=C(c2ccccc2)OC(N)=C(C#N)[C@]12C(=O)Nc1ccc(C)c(Br)c12. The Hall–Kier alpha value is -3.57.